The highest BCUT2D eigenvalue weighted by molar-refractivity contribution is 9.10. The van der Waals surface area contributed by atoms with Crippen molar-refractivity contribution in [3.05, 3.63) is 63.4 Å². The van der Waals surface area contributed by atoms with Crippen molar-refractivity contribution in [2.45, 2.75) is 6.54 Å². The molecule has 0 heterocycles. The maximum atomic E-state index is 13.6. The van der Waals surface area contributed by atoms with Gasteiger partial charge in [-0.05, 0) is 40.2 Å². The molecule has 0 atom stereocenters. The van der Waals surface area contributed by atoms with Gasteiger partial charge in [0, 0.05) is 18.2 Å². The molecule has 2 aromatic rings. The SMILES string of the molecule is N#Cc1ccc(F)c(CNc2cc(F)c(Br)cc2F)c1. The number of anilines is 1. The Morgan fingerprint density at radius 2 is 1.80 bits per heavy atom. The Kier molecular flexibility index (Phi) is 4.30. The van der Waals surface area contributed by atoms with Gasteiger partial charge in [-0.15, -0.1) is 0 Å². The van der Waals surface area contributed by atoms with Gasteiger partial charge in [0.25, 0.3) is 0 Å². The van der Waals surface area contributed by atoms with Crippen LogP contribution in [0.5, 0.6) is 0 Å². The van der Waals surface area contributed by atoms with Crippen LogP contribution < -0.4 is 5.32 Å². The number of nitrogens with zero attached hydrogens (tertiary/aromatic N) is 1. The highest BCUT2D eigenvalue weighted by Crippen LogP contribution is 2.24. The molecule has 0 aliphatic rings. The fourth-order valence-electron chi connectivity index (χ4n) is 1.63. The summed E-state index contributed by atoms with van der Waals surface area (Å²) in [6.07, 6.45) is 0. The van der Waals surface area contributed by atoms with Gasteiger partial charge in [0.2, 0.25) is 0 Å². The van der Waals surface area contributed by atoms with Crippen LogP contribution in [0, 0.1) is 28.8 Å². The van der Waals surface area contributed by atoms with E-state index in [0.717, 1.165) is 18.2 Å². The van der Waals surface area contributed by atoms with Crippen LogP contribution in [0.2, 0.25) is 0 Å². The molecular weight excluding hydrogens is 333 g/mol. The molecule has 0 aliphatic heterocycles. The third-order valence-electron chi connectivity index (χ3n) is 2.65. The van der Waals surface area contributed by atoms with Crippen molar-refractivity contribution in [1.29, 1.82) is 5.26 Å². The number of nitriles is 1. The summed E-state index contributed by atoms with van der Waals surface area (Å²) in [5, 5.41) is 11.3. The Balaban J connectivity index is 2.21. The molecule has 0 saturated carbocycles. The van der Waals surface area contributed by atoms with Crippen molar-refractivity contribution in [2.24, 2.45) is 0 Å². The second-order valence-corrected chi connectivity index (χ2v) is 4.87. The van der Waals surface area contributed by atoms with E-state index in [1.165, 1.54) is 12.1 Å². The molecule has 0 spiro atoms. The lowest BCUT2D eigenvalue weighted by molar-refractivity contribution is 0.594. The average molecular weight is 341 g/mol. The van der Waals surface area contributed by atoms with Crippen molar-refractivity contribution < 1.29 is 13.2 Å². The standard InChI is InChI=1S/C14H8BrF3N2/c15-10-4-13(18)14(5-12(10)17)20-7-9-3-8(6-19)1-2-11(9)16/h1-5,20H,7H2. The summed E-state index contributed by atoms with van der Waals surface area (Å²) in [6, 6.07) is 7.71. The Labute approximate surface area is 122 Å². The zero-order valence-corrected chi connectivity index (χ0v) is 11.6. The monoisotopic (exact) mass is 340 g/mol. The quantitative estimate of drug-likeness (QED) is 0.843. The molecule has 0 saturated heterocycles. The van der Waals surface area contributed by atoms with Crippen LogP contribution >= 0.6 is 15.9 Å². The molecule has 102 valence electrons. The van der Waals surface area contributed by atoms with Crippen molar-refractivity contribution >= 4 is 21.6 Å². The molecule has 0 fully saturated rings. The lowest BCUT2D eigenvalue weighted by Crippen LogP contribution is -2.04. The molecule has 6 heteroatoms. The Morgan fingerprint density at radius 1 is 1.05 bits per heavy atom. The molecule has 0 amide bonds. The molecule has 0 aromatic heterocycles. The third kappa shape index (κ3) is 3.11. The van der Waals surface area contributed by atoms with Crippen molar-refractivity contribution in [3.63, 3.8) is 0 Å². The highest BCUT2D eigenvalue weighted by atomic mass is 79.9. The van der Waals surface area contributed by atoms with E-state index < -0.39 is 17.5 Å². The number of halogens is 4. The van der Waals surface area contributed by atoms with Crippen LogP contribution in [-0.2, 0) is 6.54 Å². The molecule has 20 heavy (non-hydrogen) atoms. The van der Waals surface area contributed by atoms with Crippen LogP contribution in [-0.4, -0.2) is 0 Å². The summed E-state index contributed by atoms with van der Waals surface area (Å²) >= 11 is 2.87. The molecular formula is C14H8BrF3N2. The van der Waals surface area contributed by atoms with Gasteiger partial charge in [-0.3, -0.25) is 0 Å². The number of hydrogen-bond acceptors (Lipinski definition) is 2. The summed E-state index contributed by atoms with van der Waals surface area (Å²) in [5.74, 6) is -1.80. The van der Waals surface area contributed by atoms with E-state index >= 15 is 0 Å². The van der Waals surface area contributed by atoms with Gasteiger partial charge in [0.15, 0.2) is 0 Å². The first-order chi connectivity index (χ1) is 9.51. The van der Waals surface area contributed by atoms with E-state index in [0.29, 0.717) is 5.56 Å². The average Bonchev–Trinajstić information content (AvgIpc) is 2.43. The third-order valence-corrected chi connectivity index (χ3v) is 3.26. The highest BCUT2D eigenvalue weighted by Gasteiger charge is 2.09. The maximum absolute atomic E-state index is 13.6. The first kappa shape index (κ1) is 14.4. The Hall–Kier alpha value is -2.00. The zero-order valence-electron chi connectivity index (χ0n) is 10.1. The predicted molar refractivity (Wildman–Crippen MR) is 72.5 cm³/mol. The molecule has 2 rings (SSSR count). The van der Waals surface area contributed by atoms with Crippen LogP contribution in [0.15, 0.2) is 34.8 Å². The number of benzene rings is 2. The summed E-state index contributed by atoms with van der Waals surface area (Å²) in [5.41, 5.74) is 0.421. The lowest BCUT2D eigenvalue weighted by Gasteiger charge is -2.09. The summed E-state index contributed by atoms with van der Waals surface area (Å²) in [4.78, 5) is 0. The van der Waals surface area contributed by atoms with E-state index in [9.17, 15) is 13.2 Å². The van der Waals surface area contributed by atoms with Gasteiger partial charge in [-0.25, -0.2) is 13.2 Å². The largest absolute Gasteiger partial charge is 0.378 e. The maximum Gasteiger partial charge on any atom is 0.147 e. The molecule has 1 N–H and O–H groups in total. The second kappa shape index (κ2) is 5.97. The minimum atomic E-state index is -0.657. The minimum absolute atomic E-state index is 0.0122. The van der Waals surface area contributed by atoms with Gasteiger partial charge >= 0.3 is 0 Å². The van der Waals surface area contributed by atoms with E-state index in [1.807, 2.05) is 6.07 Å². The lowest BCUT2D eigenvalue weighted by atomic mass is 10.1. The normalized spacial score (nSPS) is 10.2. The first-order valence-corrected chi connectivity index (χ1v) is 6.37. The van der Waals surface area contributed by atoms with Crippen LogP contribution in [0.25, 0.3) is 0 Å². The number of nitrogens with one attached hydrogen (secondary N) is 1. The molecule has 0 unspecified atom stereocenters. The van der Waals surface area contributed by atoms with E-state index in [-0.39, 0.29) is 22.3 Å². The Bertz CT molecular complexity index is 696. The smallest absolute Gasteiger partial charge is 0.147 e. The summed E-state index contributed by atoms with van der Waals surface area (Å²) < 4.78 is 40.4. The van der Waals surface area contributed by atoms with E-state index in [1.54, 1.807) is 0 Å². The summed E-state index contributed by atoms with van der Waals surface area (Å²) in [7, 11) is 0. The van der Waals surface area contributed by atoms with Gasteiger partial charge in [-0.1, -0.05) is 0 Å². The Morgan fingerprint density at radius 3 is 2.50 bits per heavy atom. The number of rotatable bonds is 3. The van der Waals surface area contributed by atoms with E-state index in [2.05, 4.69) is 21.2 Å². The molecule has 2 aromatic carbocycles. The van der Waals surface area contributed by atoms with Crippen molar-refractivity contribution in [2.75, 3.05) is 5.32 Å². The fraction of sp³-hybridized carbons (Fsp3) is 0.0714. The topological polar surface area (TPSA) is 35.8 Å². The van der Waals surface area contributed by atoms with Crippen LogP contribution in [0.4, 0.5) is 18.9 Å². The second-order valence-electron chi connectivity index (χ2n) is 4.02. The minimum Gasteiger partial charge on any atom is -0.378 e. The molecule has 0 bridgehead atoms. The molecule has 0 radical (unpaired) electrons. The zero-order chi connectivity index (χ0) is 14.7. The van der Waals surface area contributed by atoms with Gasteiger partial charge < -0.3 is 5.32 Å². The summed E-state index contributed by atoms with van der Waals surface area (Å²) in [6.45, 7) is -0.0562. The van der Waals surface area contributed by atoms with Crippen LogP contribution in [0.3, 0.4) is 0 Å². The predicted octanol–water partition coefficient (Wildman–Crippen LogP) is 4.35. The van der Waals surface area contributed by atoms with Crippen LogP contribution in [0.1, 0.15) is 11.1 Å². The molecule has 2 nitrogen and oxygen atoms in total. The van der Waals surface area contributed by atoms with E-state index in [4.69, 9.17) is 5.26 Å². The van der Waals surface area contributed by atoms with Gasteiger partial charge in [0.05, 0.1) is 21.8 Å². The van der Waals surface area contributed by atoms with Gasteiger partial charge in [0.1, 0.15) is 17.5 Å². The van der Waals surface area contributed by atoms with Gasteiger partial charge in [-0.2, -0.15) is 5.26 Å². The fourth-order valence-corrected chi connectivity index (χ4v) is 1.94. The van der Waals surface area contributed by atoms with Crippen molar-refractivity contribution in [3.8, 4) is 6.07 Å². The number of hydrogen-bond donors (Lipinski definition) is 1. The molecule has 0 aliphatic carbocycles. The first-order valence-electron chi connectivity index (χ1n) is 5.58. The van der Waals surface area contributed by atoms with Crippen molar-refractivity contribution in [1.82, 2.24) is 0 Å².